The third-order valence-corrected chi connectivity index (χ3v) is 4.38. The number of thiazole rings is 1. The van der Waals surface area contributed by atoms with Gasteiger partial charge in [-0.25, -0.2) is 4.98 Å². The molecule has 0 spiro atoms. The number of nitrogen functional groups attached to an aromatic ring is 1. The molecule has 0 saturated heterocycles. The van der Waals surface area contributed by atoms with Gasteiger partial charge < -0.3 is 10.5 Å². The minimum atomic E-state index is 0.583. The number of nitrogens with zero attached hydrogens (tertiary/aromatic N) is 1. The first kappa shape index (κ1) is 13.6. The van der Waals surface area contributed by atoms with Crippen LogP contribution in [0.4, 0.5) is 5.69 Å². The van der Waals surface area contributed by atoms with Crippen LogP contribution in [0, 0.1) is 0 Å². The van der Waals surface area contributed by atoms with Gasteiger partial charge in [0.1, 0.15) is 5.76 Å². The van der Waals surface area contributed by atoms with Gasteiger partial charge in [-0.05, 0) is 18.6 Å². The number of aromatic nitrogens is 1. The Bertz CT molecular complexity index is 793. The predicted molar refractivity (Wildman–Crippen MR) is 90.1 cm³/mol. The van der Waals surface area contributed by atoms with Crippen LogP contribution in [0.5, 0.6) is 0 Å². The van der Waals surface area contributed by atoms with E-state index in [9.17, 15) is 0 Å². The molecule has 2 aromatic carbocycles. The second-order valence-corrected chi connectivity index (χ2v) is 5.62. The Hall–Kier alpha value is -2.33. The van der Waals surface area contributed by atoms with Crippen molar-refractivity contribution >= 4 is 33.0 Å². The fraction of sp³-hybridized carbons (Fsp3) is 0.118. The lowest BCUT2D eigenvalue weighted by Gasteiger charge is -2.05. The first-order valence-corrected chi connectivity index (χ1v) is 7.59. The van der Waals surface area contributed by atoms with Crippen molar-refractivity contribution in [1.29, 1.82) is 0 Å². The second kappa shape index (κ2) is 5.58. The summed E-state index contributed by atoms with van der Waals surface area (Å²) in [7, 11) is 0. The number of ether oxygens (including phenoxy) is 1. The minimum absolute atomic E-state index is 0.583. The fourth-order valence-electron chi connectivity index (χ4n) is 2.24. The van der Waals surface area contributed by atoms with E-state index in [4.69, 9.17) is 10.5 Å². The molecule has 3 rings (SSSR count). The van der Waals surface area contributed by atoms with Crippen LogP contribution in [-0.4, -0.2) is 11.6 Å². The number of fused-ring (bicyclic) bond motifs is 1. The Morgan fingerprint density at radius 1 is 1.24 bits per heavy atom. The first-order chi connectivity index (χ1) is 10.2. The molecule has 0 fully saturated rings. The van der Waals surface area contributed by atoms with Gasteiger partial charge in [0.2, 0.25) is 0 Å². The molecular weight excluding hydrogens is 280 g/mol. The molecule has 0 amide bonds. The molecule has 0 aliphatic rings. The van der Waals surface area contributed by atoms with Crippen molar-refractivity contribution in [2.24, 2.45) is 0 Å². The second-order valence-electron chi connectivity index (χ2n) is 4.62. The predicted octanol–water partition coefficient (Wildman–Crippen LogP) is 4.55. The van der Waals surface area contributed by atoms with Crippen LogP contribution in [0.25, 0.3) is 27.1 Å². The molecule has 0 bridgehead atoms. The van der Waals surface area contributed by atoms with Gasteiger partial charge in [-0.2, -0.15) is 0 Å². The molecule has 0 radical (unpaired) electrons. The normalized spacial score (nSPS) is 10.7. The lowest BCUT2D eigenvalue weighted by atomic mass is 10.0. The zero-order valence-electron chi connectivity index (χ0n) is 11.8. The number of nitrogens with two attached hydrogens (primary N) is 1. The maximum atomic E-state index is 6.34. The maximum Gasteiger partial charge on any atom is 0.158 e. The van der Waals surface area contributed by atoms with Gasteiger partial charge in [0.05, 0.1) is 22.5 Å². The van der Waals surface area contributed by atoms with Gasteiger partial charge in [-0.1, -0.05) is 43.0 Å². The van der Waals surface area contributed by atoms with Gasteiger partial charge in [-0.15, -0.1) is 11.3 Å². The molecule has 0 atom stereocenters. The number of hydrogen-bond acceptors (Lipinski definition) is 4. The summed E-state index contributed by atoms with van der Waals surface area (Å²) < 4.78 is 6.40. The Labute approximate surface area is 127 Å². The maximum absolute atomic E-state index is 6.34. The third kappa shape index (κ3) is 2.50. The quantitative estimate of drug-likeness (QED) is 0.567. The number of benzene rings is 2. The first-order valence-electron chi connectivity index (χ1n) is 6.77. The Kier molecular flexibility index (Phi) is 3.62. The van der Waals surface area contributed by atoms with E-state index < -0.39 is 0 Å². The average molecular weight is 296 g/mol. The summed E-state index contributed by atoms with van der Waals surface area (Å²) in [5.41, 5.74) is 10.1. The lowest BCUT2D eigenvalue weighted by molar-refractivity contribution is 0.299. The molecule has 0 saturated carbocycles. The minimum Gasteiger partial charge on any atom is -0.491 e. The topological polar surface area (TPSA) is 48.1 Å². The van der Waals surface area contributed by atoms with Crippen molar-refractivity contribution in [2.45, 2.75) is 6.92 Å². The number of anilines is 1. The van der Waals surface area contributed by atoms with Crippen molar-refractivity contribution < 1.29 is 4.74 Å². The van der Waals surface area contributed by atoms with Gasteiger partial charge in [0, 0.05) is 5.56 Å². The van der Waals surface area contributed by atoms with Crippen LogP contribution in [0.3, 0.4) is 0 Å². The highest BCUT2D eigenvalue weighted by Gasteiger charge is 2.13. The van der Waals surface area contributed by atoms with Crippen LogP contribution < -0.4 is 5.73 Å². The van der Waals surface area contributed by atoms with E-state index in [1.54, 1.807) is 0 Å². The van der Waals surface area contributed by atoms with Gasteiger partial charge >= 0.3 is 0 Å². The van der Waals surface area contributed by atoms with Crippen LogP contribution in [0.15, 0.2) is 49.0 Å². The molecule has 21 heavy (non-hydrogen) atoms. The van der Waals surface area contributed by atoms with Crippen molar-refractivity contribution in [1.82, 2.24) is 4.98 Å². The average Bonchev–Trinajstić information content (AvgIpc) is 2.94. The molecule has 0 unspecified atom stereocenters. The summed E-state index contributed by atoms with van der Waals surface area (Å²) in [4.78, 5) is 4.54. The van der Waals surface area contributed by atoms with Crippen molar-refractivity contribution in [3.05, 3.63) is 54.1 Å². The standard InChI is InChI=1S/C17H16N2OS/c1-3-20-11(2)17-19-14-10-9-13(15(18)16(14)21-17)12-7-5-4-6-8-12/h4-10H,2-3,18H2,1H3. The smallest absolute Gasteiger partial charge is 0.158 e. The lowest BCUT2D eigenvalue weighted by Crippen LogP contribution is -1.90. The summed E-state index contributed by atoms with van der Waals surface area (Å²) >= 11 is 1.52. The molecule has 3 aromatic rings. The molecule has 106 valence electrons. The van der Waals surface area contributed by atoms with Gasteiger partial charge in [0.15, 0.2) is 5.01 Å². The number of hydrogen-bond donors (Lipinski definition) is 1. The molecule has 0 aliphatic heterocycles. The van der Waals surface area contributed by atoms with Gasteiger partial charge in [-0.3, -0.25) is 0 Å². The van der Waals surface area contributed by atoms with Crippen molar-refractivity contribution in [3.8, 4) is 11.1 Å². The third-order valence-electron chi connectivity index (χ3n) is 3.24. The number of rotatable bonds is 4. The van der Waals surface area contributed by atoms with E-state index in [0.717, 1.165) is 32.0 Å². The van der Waals surface area contributed by atoms with E-state index in [0.29, 0.717) is 12.4 Å². The van der Waals surface area contributed by atoms with Crippen molar-refractivity contribution in [2.75, 3.05) is 12.3 Å². The largest absolute Gasteiger partial charge is 0.491 e. The highest BCUT2D eigenvalue weighted by Crippen LogP contribution is 2.37. The van der Waals surface area contributed by atoms with Crippen LogP contribution >= 0.6 is 11.3 Å². The Balaban J connectivity index is 2.11. The summed E-state index contributed by atoms with van der Waals surface area (Å²) in [6.45, 7) is 6.42. The van der Waals surface area contributed by atoms with E-state index in [2.05, 4.69) is 23.7 Å². The molecule has 1 heterocycles. The monoisotopic (exact) mass is 296 g/mol. The van der Waals surface area contributed by atoms with Crippen LogP contribution in [-0.2, 0) is 4.74 Å². The van der Waals surface area contributed by atoms with E-state index in [1.807, 2.05) is 37.3 Å². The molecule has 3 nitrogen and oxygen atoms in total. The van der Waals surface area contributed by atoms with Gasteiger partial charge in [0.25, 0.3) is 0 Å². The van der Waals surface area contributed by atoms with Crippen LogP contribution in [0.1, 0.15) is 11.9 Å². The zero-order chi connectivity index (χ0) is 14.8. The summed E-state index contributed by atoms with van der Waals surface area (Å²) in [6.07, 6.45) is 0. The molecule has 4 heteroatoms. The molecule has 2 N–H and O–H groups in total. The molecular formula is C17H16N2OS. The Morgan fingerprint density at radius 3 is 2.71 bits per heavy atom. The van der Waals surface area contributed by atoms with Crippen molar-refractivity contribution in [3.63, 3.8) is 0 Å². The highest BCUT2D eigenvalue weighted by atomic mass is 32.1. The Morgan fingerprint density at radius 2 is 2.00 bits per heavy atom. The summed E-state index contributed by atoms with van der Waals surface area (Å²) in [5, 5.41) is 0.781. The molecule has 0 aliphatic carbocycles. The van der Waals surface area contributed by atoms with E-state index >= 15 is 0 Å². The SMILES string of the molecule is C=C(OCC)c1nc2ccc(-c3ccccc3)c(N)c2s1. The summed E-state index contributed by atoms with van der Waals surface area (Å²) in [5.74, 6) is 0.597. The zero-order valence-corrected chi connectivity index (χ0v) is 12.6. The van der Waals surface area contributed by atoms with E-state index in [-0.39, 0.29) is 0 Å². The van der Waals surface area contributed by atoms with Crippen LogP contribution in [0.2, 0.25) is 0 Å². The fourth-order valence-corrected chi connectivity index (χ4v) is 3.19. The highest BCUT2D eigenvalue weighted by molar-refractivity contribution is 7.20. The van der Waals surface area contributed by atoms with E-state index in [1.165, 1.54) is 11.3 Å². The molecule has 1 aromatic heterocycles. The summed E-state index contributed by atoms with van der Waals surface area (Å²) in [6, 6.07) is 14.1.